The molecule has 0 aliphatic carbocycles. The molecule has 0 unspecified atom stereocenters. The third kappa shape index (κ3) is 4.15. The van der Waals surface area contributed by atoms with Crippen molar-refractivity contribution in [3.05, 3.63) is 84.4 Å². The number of fused-ring (bicyclic) bond motifs is 3. The molecular weight excluding hydrogens is 432 g/mol. The average Bonchev–Trinajstić information content (AvgIpc) is 3.29. The van der Waals surface area contributed by atoms with Gasteiger partial charge in [0.1, 0.15) is 5.75 Å². The molecule has 3 aromatic carbocycles. The lowest BCUT2D eigenvalue weighted by Gasteiger charge is -2.11. The van der Waals surface area contributed by atoms with Crippen LogP contribution in [0.2, 0.25) is 0 Å². The summed E-state index contributed by atoms with van der Waals surface area (Å²) in [5.74, 6) is 0.866. The van der Waals surface area contributed by atoms with Crippen LogP contribution >= 0.6 is 11.8 Å². The van der Waals surface area contributed by atoms with Crippen LogP contribution in [0.15, 0.2) is 84.0 Å². The van der Waals surface area contributed by atoms with E-state index in [1.54, 1.807) is 7.11 Å². The molecule has 1 amide bonds. The van der Waals surface area contributed by atoms with Crippen LogP contribution in [0, 0.1) is 6.92 Å². The first-order valence-corrected chi connectivity index (χ1v) is 11.5. The molecule has 2 aromatic heterocycles. The van der Waals surface area contributed by atoms with Gasteiger partial charge in [-0.1, -0.05) is 60.3 Å². The van der Waals surface area contributed by atoms with Gasteiger partial charge in [0, 0.05) is 17.3 Å². The monoisotopic (exact) mass is 454 g/mol. The number of methoxy groups -OCH3 is 1. The highest BCUT2D eigenvalue weighted by Crippen LogP contribution is 2.30. The second-order valence-electron chi connectivity index (χ2n) is 7.64. The molecule has 2 heterocycles. The minimum absolute atomic E-state index is 0.102. The summed E-state index contributed by atoms with van der Waals surface area (Å²) in [6.45, 7) is 2.01. The molecule has 0 spiro atoms. The summed E-state index contributed by atoms with van der Waals surface area (Å²) in [7, 11) is 1.64. The lowest BCUT2D eigenvalue weighted by Crippen LogP contribution is -2.15. The number of carbonyl (C=O) groups is 1. The Kier molecular flexibility index (Phi) is 5.71. The summed E-state index contributed by atoms with van der Waals surface area (Å²) >= 11 is 1.36. The van der Waals surface area contributed by atoms with Crippen molar-refractivity contribution in [2.45, 2.75) is 12.1 Å². The number of nitrogens with one attached hydrogen (secondary N) is 1. The number of carbonyl (C=O) groups excluding carboxylic acids is 1. The fraction of sp³-hybridized carbons (Fsp3) is 0.115. The molecule has 33 heavy (non-hydrogen) atoms. The molecule has 0 saturated heterocycles. The highest BCUT2D eigenvalue weighted by Gasteiger charge is 2.15. The molecule has 0 bridgehead atoms. The van der Waals surface area contributed by atoms with E-state index < -0.39 is 0 Å². The highest BCUT2D eigenvalue weighted by atomic mass is 32.2. The number of thioether (sulfide) groups is 1. The van der Waals surface area contributed by atoms with Gasteiger partial charge in [0.05, 0.1) is 18.4 Å². The Bertz CT molecular complexity index is 1460. The van der Waals surface area contributed by atoms with Crippen LogP contribution in [-0.4, -0.2) is 33.4 Å². The van der Waals surface area contributed by atoms with Gasteiger partial charge in [-0.3, -0.25) is 9.20 Å². The number of aromatic nitrogens is 3. The van der Waals surface area contributed by atoms with E-state index in [1.807, 2.05) is 84.1 Å². The molecule has 0 aliphatic rings. The van der Waals surface area contributed by atoms with Crippen LogP contribution in [0.4, 0.5) is 5.69 Å². The minimum atomic E-state index is -0.102. The van der Waals surface area contributed by atoms with Gasteiger partial charge < -0.3 is 10.1 Å². The molecule has 0 fully saturated rings. The lowest BCUT2D eigenvalue weighted by atomic mass is 10.0. The Morgan fingerprint density at radius 2 is 1.79 bits per heavy atom. The molecule has 0 radical (unpaired) electrons. The molecule has 0 aliphatic heterocycles. The van der Waals surface area contributed by atoms with Crippen molar-refractivity contribution >= 4 is 39.9 Å². The summed E-state index contributed by atoms with van der Waals surface area (Å²) in [5.41, 5.74) is 5.56. The number of anilines is 1. The lowest BCUT2D eigenvalue weighted by molar-refractivity contribution is -0.113. The van der Waals surface area contributed by atoms with Crippen molar-refractivity contribution in [2.24, 2.45) is 0 Å². The van der Waals surface area contributed by atoms with Gasteiger partial charge in [-0.05, 0) is 47.7 Å². The van der Waals surface area contributed by atoms with Crippen molar-refractivity contribution < 1.29 is 9.53 Å². The Morgan fingerprint density at radius 1 is 1.00 bits per heavy atom. The van der Waals surface area contributed by atoms with Gasteiger partial charge in [-0.15, -0.1) is 10.2 Å². The number of amides is 1. The zero-order valence-corrected chi connectivity index (χ0v) is 19.1. The fourth-order valence-electron chi connectivity index (χ4n) is 3.88. The van der Waals surface area contributed by atoms with Crippen molar-refractivity contribution in [3.63, 3.8) is 0 Å². The minimum Gasteiger partial charge on any atom is -0.497 e. The smallest absolute Gasteiger partial charge is 0.234 e. The van der Waals surface area contributed by atoms with E-state index >= 15 is 0 Å². The number of aryl methyl sites for hydroxylation is 1. The topological polar surface area (TPSA) is 68.5 Å². The van der Waals surface area contributed by atoms with Crippen molar-refractivity contribution in [1.29, 1.82) is 0 Å². The molecule has 0 atom stereocenters. The van der Waals surface area contributed by atoms with E-state index in [-0.39, 0.29) is 11.7 Å². The zero-order valence-electron chi connectivity index (χ0n) is 18.3. The van der Waals surface area contributed by atoms with Gasteiger partial charge in [0.15, 0.2) is 10.8 Å². The first-order chi connectivity index (χ1) is 16.1. The number of hydrogen-bond donors (Lipinski definition) is 1. The van der Waals surface area contributed by atoms with Crippen LogP contribution in [0.25, 0.3) is 27.7 Å². The van der Waals surface area contributed by atoms with Gasteiger partial charge in [-0.2, -0.15) is 0 Å². The predicted octanol–water partition coefficient (Wildman–Crippen LogP) is 5.60. The quantitative estimate of drug-likeness (QED) is 0.338. The van der Waals surface area contributed by atoms with Gasteiger partial charge in [0.25, 0.3) is 0 Å². The van der Waals surface area contributed by atoms with Crippen molar-refractivity contribution in [3.8, 4) is 16.9 Å². The predicted molar refractivity (Wildman–Crippen MR) is 133 cm³/mol. The number of benzene rings is 3. The Hall–Kier alpha value is -3.84. The standard InChI is InChI=1S/C26H22N4O2S/c1-17-14-19-12-13-20(32-2)15-23(19)30-25(17)28-29-26(30)33-16-24(31)27-22-11-7-6-10-21(22)18-8-4-3-5-9-18/h3-15H,16H2,1-2H3,(H,27,31). The van der Waals surface area contributed by atoms with E-state index in [2.05, 4.69) is 21.6 Å². The van der Waals surface area contributed by atoms with Gasteiger partial charge in [-0.25, -0.2) is 0 Å². The number of pyridine rings is 1. The molecule has 0 saturated carbocycles. The third-order valence-electron chi connectivity index (χ3n) is 5.45. The number of para-hydroxylation sites is 1. The first-order valence-electron chi connectivity index (χ1n) is 10.5. The molecule has 1 N–H and O–H groups in total. The maximum atomic E-state index is 12.8. The summed E-state index contributed by atoms with van der Waals surface area (Å²) < 4.78 is 7.39. The third-order valence-corrected chi connectivity index (χ3v) is 6.38. The van der Waals surface area contributed by atoms with Crippen LogP contribution in [0.5, 0.6) is 5.75 Å². The van der Waals surface area contributed by atoms with Crippen molar-refractivity contribution in [2.75, 3.05) is 18.2 Å². The maximum absolute atomic E-state index is 12.8. The van der Waals surface area contributed by atoms with Gasteiger partial charge >= 0.3 is 0 Å². The molecule has 7 heteroatoms. The molecule has 5 rings (SSSR count). The molecule has 6 nitrogen and oxygen atoms in total. The van der Waals surface area contributed by atoms with Crippen LogP contribution in [0.1, 0.15) is 5.56 Å². The molecular formula is C26H22N4O2S. The van der Waals surface area contributed by atoms with E-state index in [0.717, 1.165) is 44.7 Å². The normalized spacial score (nSPS) is 11.1. The second-order valence-corrected chi connectivity index (χ2v) is 8.58. The Balaban J connectivity index is 1.41. The van der Waals surface area contributed by atoms with Crippen LogP contribution in [-0.2, 0) is 4.79 Å². The summed E-state index contributed by atoms with van der Waals surface area (Å²) in [6.07, 6.45) is 0. The second kappa shape index (κ2) is 8.96. The number of nitrogens with zero attached hydrogens (tertiary/aromatic N) is 3. The van der Waals surface area contributed by atoms with E-state index in [0.29, 0.717) is 5.16 Å². The Labute approximate surface area is 195 Å². The maximum Gasteiger partial charge on any atom is 0.234 e. The SMILES string of the molecule is COc1ccc2cc(C)c3nnc(SCC(=O)Nc4ccccc4-c4ccccc4)n3c2c1. The number of rotatable bonds is 6. The molecule has 164 valence electrons. The highest BCUT2D eigenvalue weighted by molar-refractivity contribution is 7.99. The van der Waals surface area contributed by atoms with E-state index in [1.165, 1.54) is 11.8 Å². The summed E-state index contributed by atoms with van der Waals surface area (Å²) in [5, 5.41) is 13.5. The Morgan fingerprint density at radius 3 is 2.61 bits per heavy atom. The van der Waals surface area contributed by atoms with Crippen molar-refractivity contribution in [1.82, 2.24) is 14.6 Å². The summed E-state index contributed by atoms with van der Waals surface area (Å²) in [4.78, 5) is 12.8. The number of hydrogen-bond acceptors (Lipinski definition) is 5. The van der Waals surface area contributed by atoms with E-state index in [4.69, 9.17) is 4.74 Å². The summed E-state index contributed by atoms with van der Waals surface area (Å²) in [6, 6.07) is 25.8. The largest absolute Gasteiger partial charge is 0.497 e. The average molecular weight is 455 g/mol. The first kappa shape index (κ1) is 21.0. The number of ether oxygens (including phenoxy) is 1. The van der Waals surface area contributed by atoms with Gasteiger partial charge in [0.2, 0.25) is 5.91 Å². The fourth-order valence-corrected chi connectivity index (χ4v) is 4.62. The van der Waals surface area contributed by atoms with Crippen LogP contribution in [0.3, 0.4) is 0 Å². The molecule has 5 aromatic rings. The zero-order chi connectivity index (χ0) is 22.8. The van der Waals surface area contributed by atoms with E-state index in [9.17, 15) is 4.79 Å². The van der Waals surface area contributed by atoms with Crippen LogP contribution < -0.4 is 10.1 Å².